The Morgan fingerprint density at radius 3 is 1.70 bits per heavy atom. The Morgan fingerprint density at radius 2 is 1.17 bits per heavy atom. The van der Waals surface area contributed by atoms with Crippen molar-refractivity contribution in [2.75, 3.05) is 0 Å². The highest BCUT2D eigenvalue weighted by atomic mass is 19.1. The molecular weight excluding hydrogens is 367 g/mol. The van der Waals surface area contributed by atoms with E-state index in [-0.39, 0.29) is 5.82 Å². The quantitative estimate of drug-likeness (QED) is 0.325. The van der Waals surface area contributed by atoms with E-state index in [1.807, 2.05) is 30.3 Å². The molecule has 30 heavy (non-hydrogen) atoms. The van der Waals surface area contributed by atoms with Gasteiger partial charge in [-0.1, -0.05) is 68.6 Å². The van der Waals surface area contributed by atoms with Crippen LogP contribution in [0, 0.1) is 29.5 Å². The lowest BCUT2D eigenvalue weighted by Crippen LogP contribution is -1.90. The van der Waals surface area contributed by atoms with Crippen LogP contribution in [0.3, 0.4) is 0 Å². The maximum atomic E-state index is 14.3. The van der Waals surface area contributed by atoms with Crippen molar-refractivity contribution in [3.05, 3.63) is 106 Å². The summed E-state index contributed by atoms with van der Waals surface area (Å²) in [6.45, 7) is 4.31. The van der Waals surface area contributed by atoms with Gasteiger partial charge in [0.15, 0.2) is 0 Å². The van der Waals surface area contributed by atoms with Crippen LogP contribution in [0.1, 0.15) is 66.5 Å². The molecule has 0 aliphatic heterocycles. The van der Waals surface area contributed by atoms with Crippen LogP contribution in [0.25, 0.3) is 0 Å². The Kier molecular flexibility index (Phi) is 7.88. The van der Waals surface area contributed by atoms with Gasteiger partial charge in [0.25, 0.3) is 0 Å². The predicted octanol–water partition coefficient (Wildman–Crippen LogP) is 6.92. The Bertz CT molecular complexity index is 1080. The van der Waals surface area contributed by atoms with Gasteiger partial charge in [-0.05, 0) is 78.9 Å². The van der Waals surface area contributed by atoms with Gasteiger partial charge in [-0.2, -0.15) is 0 Å². The number of hydrogen-bond acceptors (Lipinski definition) is 0. The van der Waals surface area contributed by atoms with Crippen molar-refractivity contribution < 1.29 is 4.39 Å². The number of aryl methyl sites for hydroxylation is 2. The Balaban J connectivity index is 1.65. The summed E-state index contributed by atoms with van der Waals surface area (Å²) in [5.41, 5.74) is 5.57. The molecule has 0 aliphatic rings. The van der Waals surface area contributed by atoms with Gasteiger partial charge in [-0.3, -0.25) is 0 Å². The lowest BCUT2D eigenvalue weighted by molar-refractivity contribution is 0.619. The van der Waals surface area contributed by atoms with Crippen molar-refractivity contribution in [1.29, 1.82) is 0 Å². The first kappa shape index (κ1) is 21.4. The van der Waals surface area contributed by atoms with Gasteiger partial charge in [-0.15, -0.1) is 0 Å². The smallest absolute Gasteiger partial charge is 0.139 e. The fourth-order valence-corrected chi connectivity index (χ4v) is 3.14. The van der Waals surface area contributed by atoms with Crippen molar-refractivity contribution in [2.24, 2.45) is 0 Å². The van der Waals surface area contributed by atoms with Crippen LogP contribution in [0.15, 0.2) is 66.7 Å². The Morgan fingerprint density at radius 1 is 0.633 bits per heavy atom. The maximum Gasteiger partial charge on any atom is 0.139 e. The summed E-state index contributed by atoms with van der Waals surface area (Å²) in [6, 6.07) is 21.5. The zero-order valence-corrected chi connectivity index (χ0v) is 17.8. The normalized spacial score (nSPS) is 9.97. The van der Waals surface area contributed by atoms with E-state index in [4.69, 9.17) is 0 Å². The molecule has 0 unspecified atom stereocenters. The van der Waals surface area contributed by atoms with E-state index < -0.39 is 0 Å². The van der Waals surface area contributed by atoms with Crippen LogP contribution in [0.4, 0.5) is 4.39 Å². The molecule has 0 atom stereocenters. The molecular formula is C29H27F. The second-order valence-electron chi connectivity index (χ2n) is 7.40. The summed E-state index contributed by atoms with van der Waals surface area (Å²) in [6.07, 6.45) is 5.39. The van der Waals surface area contributed by atoms with E-state index in [0.29, 0.717) is 5.56 Å². The van der Waals surface area contributed by atoms with Crippen LogP contribution in [-0.2, 0) is 12.8 Å². The van der Waals surface area contributed by atoms with E-state index >= 15 is 0 Å². The highest BCUT2D eigenvalue weighted by molar-refractivity contribution is 5.48. The fourth-order valence-electron chi connectivity index (χ4n) is 3.14. The molecule has 0 aromatic heterocycles. The van der Waals surface area contributed by atoms with Crippen LogP contribution in [0.2, 0.25) is 0 Å². The van der Waals surface area contributed by atoms with Crippen LogP contribution >= 0.6 is 0 Å². The number of rotatable bonds is 5. The van der Waals surface area contributed by atoms with Gasteiger partial charge in [0.2, 0.25) is 0 Å². The first-order valence-electron chi connectivity index (χ1n) is 10.7. The third-order valence-corrected chi connectivity index (χ3v) is 5.04. The molecule has 1 heteroatoms. The monoisotopic (exact) mass is 394 g/mol. The molecule has 0 amide bonds. The molecule has 3 aromatic carbocycles. The molecule has 0 aliphatic carbocycles. The molecule has 0 nitrogen and oxygen atoms in total. The van der Waals surface area contributed by atoms with Crippen molar-refractivity contribution in [2.45, 2.75) is 46.0 Å². The van der Waals surface area contributed by atoms with Gasteiger partial charge in [0.05, 0.1) is 5.56 Å². The zero-order valence-electron chi connectivity index (χ0n) is 17.8. The van der Waals surface area contributed by atoms with Gasteiger partial charge in [0.1, 0.15) is 5.82 Å². The van der Waals surface area contributed by atoms with Gasteiger partial charge < -0.3 is 0 Å². The maximum absolute atomic E-state index is 14.3. The minimum atomic E-state index is -0.243. The molecule has 3 aromatic rings. The van der Waals surface area contributed by atoms with Crippen molar-refractivity contribution in [3.63, 3.8) is 0 Å². The number of benzene rings is 3. The van der Waals surface area contributed by atoms with Crippen LogP contribution < -0.4 is 0 Å². The molecule has 0 N–H and O–H groups in total. The first-order valence-corrected chi connectivity index (χ1v) is 10.7. The summed E-state index contributed by atoms with van der Waals surface area (Å²) in [7, 11) is 0. The van der Waals surface area contributed by atoms with E-state index in [1.165, 1.54) is 18.4 Å². The van der Waals surface area contributed by atoms with Crippen LogP contribution in [0.5, 0.6) is 0 Å². The van der Waals surface area contributed by atoms with Gasteiger partial charge in [-0.25, -0.2) is 4.39 Å². The minimum absolute atomic E-state index is 0.243. The number of hydrogen-bond donors (Lipinski definition) is 0. The predicted molar refractivity (Wildman–Crippen MR) is 124 cm³/mol. The number of unbranched alkanes of at least 4 members (excludes halogenated alkanes) is 2. The average Bonchev–Trinajstić information content (AvgIpc) is 2.78. The summed E-state index contributed by atoms with van der Waals surface area (Å²) < 4.78 is 14.3. The topological polar surface area (TPSA) is 0 Å². The largest absolute Gasteiger partial charge is 0.206 e. The molecule has 0 bridgehead atoms. The molecule has 0 saturated heterocycles. The summed E-state index contributed by atoms with van der Waals surface area (Å²) in [5.74, 6) is 12.1. The van der Waals surface area contributed by atoms with Crippen molar-refractivity contribution >= 4 is 0 Å². The second kappa shape index (κ2) is 11.0. The Hall–Kier alpha value is -3.29. The lowest BCUT2D eigenvalue weighted by Gasteiger charge is -2.02. The fraction of sp³-hybridized carbons (Fsp3) is 0.241. The Labute approximate surface area is 180 Å². The molecule has 3 rings (SSSR count). The van der Waals surface area contributed by atoms with Gasteiger partial charge >= 0.3 is 0 Å². The molecule has 0 spiro atoms. The third kappa shape index (κ3) is 6.37. The summed E-state index contributed by atoms with van der Waals surface area (Å²) in [4.78, 5) is 0. The van der Waals surface area contributed by atoms with E-state index in [1.54, 1.807) is 12.1 Å². The molecule has 0 fully saturated rings. The average molecular weight is 395 g/mol. The zero-order chi connectivity index (χ0) is 21.2. The van der Waals surface area contributed by atoms with Crippen molar-refractivity contribution in [3.8, 4) is 23.7 Å². The second-order valence-corrected chi connectivity index (χ2v) is 7.40. The standard InChI is InChI=1S/C29H27F/c1-3-5-6-7-27-19-21-28(29(30)22-27)20-18-26-16-14-25(15-17-26)13-12-24-10-8-23(4-2)9-11-24/h8-11,14-17,19,21-22H,3-7H2,1-2H3. The summed E-state index contributed by atoms with van der Waals surface area (Å²) in [5, 5.41) is 0. The van der Waals surface area contributed by atoms with Crippen LogP contribution in [-0.4, -0.2) is 0 Å². The van der Waals surface area contributed by atoms with E-state index in [2.05, 4.69) is 61.8 Å². The number of halogens is 1. The lowest BCUT2D eigenvalue weighted by atomic mass is 10.0. The summed E-state index contributed by atoms with van der Waals surface area (Å²) >= 11 is 0. The SMILES string of the molecule is CCCCCc1ccc(C#Cc2ccc(C#Cc3ccc(CC)cc3)cc2)c(F)c1. The van der Waals surface area contributed by atoms with E-state index in [9.17, 15) is 4.39 Å². The third-order valence-electron chi connectivity index (χ3n) is 5.04. The highest BCUT2D eigenvalue weighted by Gasteiger charge is 2.01. The highest BCUT2D eigenvalue weighted by Crippen LogP contribution is 2.13. The van der Waals surface area contributed by atoms with Crippen molar-refractivity contribution in [1.82, 2.24) is 0 Å². The molecule has 150 valence electrons. The molecule has 0 saturated carbocycles. The molecule has 0 radical (unpaired) electrons. The van der Waals surface area contributed by atoms with E-state index in [0.717, 1.165) is 41.5 Å². The first-order chi connectivity index (χ1) is 14.7. The van der Waals surface area contributed by atoms with Gasteiger partial charge in [0, 0.05) is 16.7 Å². The molecule has 0 heterocycles. The minimum Gasteiger partial charge on any atom is -0.206 e.